The van der Waals surface area contributed by atoms with Crippen LogP contribution in [0.5, 0.6) is 0 Å². The van der Waals surface area contributed by atoms with Gasteiger partial charge in [-0.25, -0.2) is 0 Å². The van der Waals surface area contributed by atoms with Crippen LogP contribution in [0, 0.1) is 17.8 Å². The Labute approximate surface area is 107 Å². The van der Waals surface area contributed by atoms with Crippen LogP contribution < -0.4 is 5.32 Å². The fraction of sp³-hybridized carbons (Fsp3) is 1.00. The third-order valence-corrected chi connectivity index (χ3v) is 5.19. The molecule has 17 heavy (non-hydrogen) atoms. The lowest BCUT2D eigenvalue weighted by atomic mass is 9.76. The lowest BCUT2D eigenvalue weighted by Gasteiger charge is -2.48. The van der Waals surface area contributed by atoms with Crippen molar-refractivity contribution in [1.29, 1.82) is 0 Å². The van der Waals surface area contributed by atoms with Crippen LogP contribution in [0.3, 0.4) is 0 Å². The summed E-state index contributed by atoms with van der Waals surface area (Å²) < 4.78 is 0. The SMILES string of the molecule is CC(C)C1CNCCN1C1CCCC(C)C1C. The fourth-order valence-corrected chi connectivity index (χ4v) is 3.79. The number of hydrogen-bond donors (Lipinski definition) is 1. The third kappa shape index (κ3) is 2.85. The second-order valence-corrected chi connectivity index (χ2v) is 6.59. The van der Waals surface area contributed by atoms with E-state index in [1.165, 1.54) is 38.9 Å². The summed E-state index contributed by atoms with van der Waals surface area (Å²) in [5.41, 5.74) is 0. The zero-order valence-corrected chi connectivity index (χ0v) is 12.1. The molecule has 0 radical (unpaired) electrons. The van der Waals surface area contributed by atoms with Gasteiger partial charge in [-0.15, -0.1) is 0 Å². The van der Waals surface area contributed by atoms with E-state index in [9.17, 15) is 0 Å². The number of nitrogens with zero attached hydrogens (tertiary/aromatic N) is 1. The van der Waals surface area contributed by atoms with Gasteiger partial charge in [0, 0.05) is 31.7 Å². The van der Waals surface area contributed by atoms with Gasteiger partial charge in [0.05, 0.1) is 0 Å². The van der Waals surface area contributed by atoms with Gasteiger partial charge in [0.1, 0.15) is 0 Å². The van der Waals surface area contributed by atoms with Crippen molar-refractivity contribution in [2.75, 3.05) is 19.6 Å². The Morgan fingerprint density at radius 1 is 1.18 bits per heavy atom. The number of hydrogen-bond acceptors (Lipinski definition) is 2. The lowest BCUT2D eigenvalue weighted by molar-refractivity contribution is 0.0155. The van der Waals surface area contributed by atoms with Crippen molar-refractivity contribution in [3.05, 3.63) is 0 Å². The molecule has 1 saturated heterocycles. The van der Waals surface area contributed by atoms with Crippen LogP contribution in [0.1, 0.15) is 47.0 Å². The van der Waals surface area contributed by atoms with Gasteiger partial charge in [0.15, 0.2) is 0 Å². The summed E-state index contributed by atoms with van der Waals surface area (Å²) >= 11 is 0. The van der Waals surface area contributed by atoms with E-state index in [-0.39, 0.29) is 0 Å². The average molecular weight is 238 g/mol. The van der Waals surface area contributed by atoms with Crippen molar-refractivity contribution in [3.8, 4) is 0 Å². The molecule has 2 aliphatic rings. The molecule has 0 spiro atoms. The summed E-state index contributed by atoms with van der Waals surface area (Å²) in [4.78, 5) is 2.83. The van der Waals surface area contributed by atoms with E-state index in [1.807, 2.05) is 0 Å². The first-order valence-corrected chi connectivity index (χ1v) is 7.57. The highest BCUT2D eigenvalue weighted by Gasteiger charge is 2.36. The summed E-state index contributed by atoms with van der Waals surface area (Å²) in [7, 11) is 0. The highest BCUT2D eigenvalue weighted by Crippen LogP contribution is 2.34. The molecule has 4 atom stereocenters. The minimum absolute atomic E-state index is 0.751. The van der Waals surface area contributed by atoms with Crippen LogP contribution >= 0.6 is 0 Å². The van der Waals surface area contributed by atoms with Crippen molar-refractivity contribution < 1.29 is 0 Å². The molecule has 0 amide bonds. The van der Waals surface area contributed by atoms with Crippen LogP contribution in [0.4, 0.5) is 0 Å². The van der Waals surface area contributed by atoms with E-state index in [4.69, 9.17) is 0 Å². The quantitative estimate of drug-likeness (QED) is 0.796. The summed E-state index contributed by atoms with van der Waals surface area (Å²) in [6.45, 7) is 13.3. The molecule has 2 rings (SSSR count). The molecule has 1 aliphatic carbocycles. The summed E-state index contributed by atoms with van der Waals surface area (Å²) in [6, 6.07) is 1.59. The number of nitrogens with one attached hydrogen (secondary N) is 1. The van der Waals surface area contributed by atoms with E-state index >= 15 is 0 Å². The van der Waals surface area contributed by atoms with E-state index in [1.54, 1.807) is 0 Å². The zero-order valence-electron chi connectivity index (χ0n) is 12.1. The molecule has 0 aromatic carbocycles. The van der Waals surface area contributed by atoms with Gasteiger partial charge < -0.3 is 5.32 Å². The predicted molar refractivity (Wildman–Crippen MR) is 74.2 cm³/mol. The molecule has 2 heteroatoms. The van der Waals surface area contributed by atoms with Gasteiger partial charge in [0.25, 0.3) is 0 Å². The van der Waals surface area contributed by atoms with E-state index in [2.05, 4.69) is 37.9 Å². The monoisotopic (exact) mass is 238 g/mol. The molecule has 4 unspecified atom stereocenters. The van der Waals surface area contributed by atoms with Crippen molar-refractivity contribution in [1.82, 2.24) is 10.2 Å². The van der Waals surface area contributed by atoms with Crippen molar-refractivity contribution in [2.24, 2.45) is 17.8 Å². The Morgan fingerprint density at radius 2 is 1.94 bits per heavy atom. The lowest BCUT2D eigenvalue weighted by Crippen LogP contribution is -2.59. The third-order valence-electron chi connectivity index (χ3n) is 5.19. The molecule has 0 aromatic rings. The molecule has 1 heterocycles. The Hall–Kier alpha value is -0.0800. The van der Waals surface area contributed by atoms with Gasteiger partial charge in [-0.05, 0) is 24.2 Å². The molecule has 0 bridgehead atoms. The van der Waals surface area contributed by atoms with Gasteiger partial charge in [0.2, 0.25) is 0 Å². The van der Waals surface area contributed by atoms with Crippen LogP contribution in [0.2, 0.25) is 0 Å². The minimum atomic E-state index is 0.751. The molecule has 100 valence electrons. The van der Waals surface area contributed by atoms with Crippen molar-refractivity contribution in [3.63, 3.8) is 0 Å². The first kappa shape index (κ1) is 13.4. The standard InChI is InChI=1S/C15H30N2/c1-11(2)15-10-16-8-9-17(15)14-7-5-6-12(3)13(14)4/h11-16H,5-10H2,1-4H3. The highest BCUT2D eigenvalue weighted by atomic mass is 15.2. The largest absolute Gasteiger partial charge is 0.314 e. The second kappa shape index (κ2) is 5.71. The normalized spacial score (nSPS) is 40.8. The molecular weight excluding hydrogens is 208 g/mol. The Balaban J connectivity index is 2.07. The van der Waals surface area contributed by atoms with Crippen molar-refractivity contribution in [2.45, 2.75) is 59.0 Å². The number of piperazine rings is 1. The van der Waals surface area contributed by atoms with Gasteiger partial charge in [-0.1, -0.05) is 40.5 Å². The fourth-order valence-electron chi connectivity index (χ4n) is 3.79. The highest BCUT2D eigenvalue weighted by molar-refractivity contribution is 4.91. The average Bonchev–Trinajstić information content (AvgIpc) is 2.33. The zero-order chi connectivity index (χ0) is 12.4. The van der Waals surface area contributed by atoms with Crippen LogP contribution in [-0.2, 0) is 0 Å². The van der Waals surface area contributed by atoms with Crippen molar-refractivity contribution >= 4 is 0 Å². The predicted octanol–water partition coefficient (Wildman–Crippen LogP) is 2.74. The van der Waals surface area contributed by atoms with E-state index in [0.29, 0.717) is 0 Å². The maximum Gasteiger partial charge on any atom is 0.0247 e. The first-order valence-electron chi connectivity index (χ1n) is 7.57. The Bertz CT molecular complexity index is 239. The van der Waals surface area contributed by atoms with E-state index in [0.717, 1.165) is 29.8 Å². The first-order chi connectivity index (χ1) is 8.11. The maximum atomic E-state index is 3.57. The minimum Gasteiger partial charge on any atom is -0.314 e. The molecule has 1 N–H and O–H groups in total. The summed E-state index contributed by atoms with van der Waals surface area (Å²) in [5.74, 6) is 2.56. The Kier molecular flexibility index (Phi) is 4.48. The van der Waals surface area contributed by atoms with Crippen LogP contribution in [0.15, 0.2) is 0 Å². The molecular formula is C15H30N2. The smallest absolute Gasteiger partial charge is 0.0247 e. The molecule has 1 aliphatic heterocycles. The Morgan fingerprint density at radius 3 is 2.65 bits per heavy atom. The summed E-state index contributed by atoms with van der Waals surface area (Å²) in [6.07, 6.45) is 4.30. The van der Waals surface area contributed by atoms with Gasteiger partial charge in [-0.3, -0.25) is 4.90 Å². The topological polar surface area (TPSA) is 15.3 Å². The van der Waals surface area contributed by atoms with Crippen LogP contribution in [-0.4, -0.2) is 36.6 Å². The molecule has 2 nitrogen and oxygen atoms in total. The van der Waals surface area contributed by atoms with E-state index < -0.39 is 0 Å². The molecule has 2 fully saturated rings. The van der Waals surface area contributed by atoms with Gasteiger partial charge >= 0.3 is 0 Å². The second-order valence-electron chi connectivity index (χ2n) is 6.59. The summed E-state index contributed by atoms with van der Waals surface area (Å²) in [5, 5.41) is 3.57. The van der Waals surface area contributed by atoms with Gasteiger partial charge in [-0.2, -0.15) is 0 Å². The molecule has 1 saturated carbocycles. The van der Waals surface area contributed by atoms with Crippen LogP contribution in [0.25, 0.3) is 0 Å². The maximum absolute atomic E-state index is 3.57. The number of rotatable bonds is 2. The molecule has 0 aromatic heterocycles.